The second-order valence-electron chi connectivity index (χ2n) is 4.84. The highest BCUT2D eigenvalue weighted by Crippen LogP contribution is 2.26. The summed E-state index contributed by atoms with van der Waals surface area (Å²) in [6.45, 7) is 3.37. The Hall–Kier alpha value is -0.630. The van der Waals surface area contributed by atoms with Gasteiger partial charge in [-0.25, -0.2) is 12.8 Å². The Kier molecular flexibility index (Phi) is 5.06. The van der Waals surface area contributed by atoms with Gasteiger partial charge in [-0.3, -0.25) is 0 Å². The van der Waals surface area contributed by atoms with Crippen molar-refractivity contribution in [2.24, 2.45) is 0 Å². The summed E-state index contributed by atoms with van der Waals surface area (Å²) in [5, 5.41) is 3.15. The molecule has 112 valence electrons. The van der Waals surface area contributed by atoms with Gasteiger partial charge in [-0.05, 0) is 24.7 Å². The predicted molar refractivity (Wildman–Crippen MR) is 79.8 cm³/mol. The van der Waals surface area contributed by atoms with E-state index in [1.165, 1.54) is 16.4 Å². The van der Waals surface area contributed by atoms with Gasteiger partial charge in [0.25, 0.3) is 0 Å². The van der Waals surface area contributed by atoms with Crippen LogP contribution < -0.4 is 5.32 Å². The summed E-state index contributed by atoms with van der Waals surface area (Å²) in [7, 11) is -1.97. The summed E-state index contributed by atoms with van der Waals surface area (Å²) in [6.07, 6.45) is 0. The van der Waals surface area contributed by atoms with E-state index in [2.05, 4.69) is 5.32 Å². The average molecular weight is 318 g/mol. The molecular formula is C13H19FN2O2S2. The highest BCUT2D eigenvalue weighted by molar-refractivity contribution is 8.00. The summed E-state index contributed by atoms with van der Waals surface area (Å²) < 4.78 is 40.4. The topological polar surface area (TPSA) is 49.4 Å². The van der Waals surface area contributed by atoms with Crippen LogP contribution in [-0.4, -0.2) is 43.9 Å². The van der Waals surface area contributed by atoms with Crippen molar-refractivity contribution >= 4 is 21.8 Å². The zero-order valence-electron chi connectivity index (χ0n) is 11.6. The summed E-state index contributed by atoms with van der Waals surface area (Å²) in [5.74, 6) is 0.0727. The van der Waals surface area contributed by atoms with Crippen LogP contribution in [0.4, 0.5) is 4.39 Å². The minimum Gasteiger partial charge on any atom is -0.316 e. The zero-order chi connectivity index (χ0) is 14.8. The molecule has 0 aromatic heterocycles. The van der Waals surface area contributed by atoms with Gasteiger partial charge in [-0.2, -0.15) is 16.1 Å². The smallest absolute Gasteiger partial charge is 0.246 e. The molecular weight excluding hydrogens is 299 g/mol. The number of rotatable bonds is 4. The van der Waals surface area contributed by atoms with Crippen molar-refractivity contribution in [2.75, 3.05) is 25.9 Å². The molecule has 1 N–H and O–H groups in total. The van der Waals surface area contributed by atoms with E-state index in [1.807, 2.05) is 6.92 Å². The Morgan fingerprint density at radius 2 is 2.25 bits per heavy atom. The van der Waals surface area contributed by atoms with Crippen LogP contribution in [0.5, 0.6) is 0 Å². The van der Waals surface area contributed by atoms with Crippen molar-refractivity contribution in [3.05, 3.63) is 29.6 Å². The maximum Gasteiger partial charge on any atom is 0.246 e. The van der Waals surface area contributed by atoms with Gasteiger partial charge in [-0.1, -0.05) is 13.0 Å². The quantitative estimate of drug-likeness (QED) is 0.917. The highest BCUT2D eigenvalue weighted by atomic mass is 32.2. The Balaban J connectivity index is 2.29. The first-order valence-corrected chi connectivity index (χ1v) is 8.99. The lowest BCUT2D eigenvalue weighted by Crippen LogP contribution is -2.41. The third-order valence-electron chi connectivity index (χ3n) is 3.20. The summed E-state index contributed by atoms with van der Waals surface area (Å²) in [6, 6.07) is 4.30. The Morgan fingerprint density at radius 3 is 2.85 bits per heavy atom. The first-order valence-electron chi connectivity index (χ1n) is 6.50. The summed E-state index contributed by atoms with van der Waals surface area (Å²) in [5.41, 5.74) is 0.728. The van der Waals surface area contributed by atoms with Crippen LogP contribution in [0.25, 0.3) is 0 Å². The van der Waals surface area contributed by atoms with Gasteiger partial charge >= 0.3 is 0 Å². The third kappa shape index (κ3) is 3.33. The number of nitrogens with one attached hydrogen (secondary N) is 1. The summed E-state index contributed by atoms with van der Waals surface area (Å²) >= 11 is 1.74. The normalized spacial score (nSPS) is 21.1. The molecule has 0 saturated carbocycles. The van der Waals surface area contributed by atoms with Crippen molar-refractivity contribution in [3.8, 4) is 0 Å². The van der Waals surface area contributed by atoms with Gasteiger partial charge in [0.1, 0.15) is 10.7 Å². The van der Waals surface area contributed by atoms with Gasteiger partial charge in [-0.15, -0.1) is 0 Å². The molecule has 0 aliphatic carbocycles. The largest absolute Gasteiger partial charge is 0.316 e. The van der Waals surface area contributed by atoms with Gasteiger partial charge < -0.3 is 5.32 Å². The van der Waals surface area contributed by atoms with E-state index >= 15 is 0 Å². The molecule has 0 radical (unpaired) electrons. The Bertz CT molecular complexity index is 578. The molecule has 1 aromatic rings. The number of hydrogen-bond donors (Lipinski definition) is 1. The van der Waals surface area contributed by atoms with Crippen LogP contribution in [-0.2, 0) is 16.6 Å². The molecule has 1 heterocycles. The summed E-state index contributed by atoms with van der Waals surface area (Å²) in [4.78, 5) is -0.226. The molecule has 20 heavy (non-hydrogen) atoms. The lowest BCUT2D eigenvalue weighted by Gasteiger charge is -2.29. The van der Waals surface area contributed by atoms with Gasteiger partial charge in [0.2, 0.25) is 10.0 Å². The van der Waals surface area contributed by atoms with E-state index in [0.29, 0.717) is 19.6 Å². The molecule has 0 amide bonds. The second-order valence-corrected chi connectivity index (χ2v) is 8.29. The maximum atomic E-state index is 14.1. The van der Waals surface area contributed by atoms with E-state index < -0.39 is 15.8 Å². The van der Waals surface area contributed by atoms with Gasteiger partial charge in [0.15, 0.2) is 0 Å². The van der Waals surface area contributed by atoms with Gasteiger partial charge in [0, 0.05) is 30.6 Å². The van der Waals surface area contributed by atoms with E-state index in [4.69, 9.17) is 0 Å². The number of benzene rings is 1. The fraction of sp³-hybridized carbons (Fsp3) is 0.538. The van der Waals surface area contributed by atoms with E-state index in [9.17, 15) is 12.8 Å². The van der Waals surface area contributed by atoms with Crippen LogP contribution in [0.15, 0.2) is 23.1 Å². The van der Waals surface area contributed by atoms with E-state index in [1.54, 1.807) is 24.9 Å². The molecule has 0 bridgehead atoms. The Morgan fingerprint density at radius 1 is 1.50 bits per heavy atom. The zero-order valence-corrected chi connectivity index (χ0v) is 13.2. The highest BCUT2D eigenvalue weighted by Gasteiger charge is 2.31. The second kappa shape index (κ2) is 6.43. The predicted octanol–water partition coefficient (Wildman–Crippen LogP) is 1.67. The minimum atomic E-state index is -3.73. The molecule has 7 heteroatoms. The fourth-order valence-electron chi connectivity index (χ4n) is 2.21. The van der Waals surface area contributed by atoms with Crippen LogP contribution in [0, 0.1) is 5.82 Å². The average Bonchev–Trinajstić information content (AvgIpc) is 2.39. The first kappa shape index (κ1) is 15.8. The first-order chi connectivity index (χ1) is 9.45. The molecule has 1 aliphatic rings. The van der Waals surface area contributed by atoms with Crippen LogP contribution >= 0.6 is 11.8 Å². The molecule has 1 aromatic carbocycles. The standard InChI is InChI=1S/C13H19FN2O2S2/c1-10-9-16(5-6-19-10)20(17,18)13-4-3-11(8-15-2)7-12(13)14/h3-4,7,10,15H,5-6,8-9H2,1-2H3. The molecule has 0 spiro atoms. The Labute approximate surface area is 123 Å². The molecule has 1 saturated heterocycles. The lowest BCUT2D eigenvalue weighted by atomic mass is 10.2. The monoisotopic (exact) mass is 318 g/mol. The SMILES string of the molecule is CNCc1ccc(S(=O)(=O)N2CCSC(C)C2)c(F)c1. The van der Waals surface area contributed by atoms with Crippen molar-refractivity contribution < 1.29 is 12.8 Å². The molecule has 1 atom stereocenters. The van der Waals surface area contributed by atoms with E-state index in [-0.39, 0.29) is 10.1 Å². The lowest BCUT2D eigenvalue weighted by molar-refractivity contribution is 0.420. The molecule has 1 fully saturated rings. The van der Waals surface area contributed by atoms with Crippen molar-refractivity contribution in [3.63, 3.8) is 0 Å². The van der Waals surface area contributed by atoms with Crippen LogP contribution in [0.1, 0.15) is 12.5 Å². The molecule has 4 nitrogen and oxygen atoms in total. The number of nitrogens with zero attached hydrogens (tertiary/aromatic N) is 1. The number of sulfonamides is 1. The number of halogens is 1. The minimum absolute atomic E-state index is 0.226. The van der Waals surface area contributed by atoms with Gasteiger partial charge in [0.05, 0.1) is 0 Å². The van der Waals surface area contributed by atoms with Crippen molar-refractivity contribution in [2.45, 2.75) is 23.6 Å². The van der Waals surface area contributed by atoms with Crippen LogP contribution in [0.2, 0.25) is 0 Å². The molecule has 1 unspecified atom stereocenters. The number of thioether (sulfide) groups is 1. The third-order valence-corrected chi connectivity index (χ3v) is 6.23. The van der Waals surface area contributed by atoms with Crippen molar-refractivity contribution in [1.29, 1.82) is 0 Å². The van der Waals surface area contributed by atoms with Crippen LogP contribution in [0.3, 0.4) is 0 Å². The number of hydrogen-bond acceptors (Lipinski definition) is 4. The fourth-order valence-corrected chi connectivity index (χ4v) is 5.01. The maximum absolute atomic E-state index is 14.1. The molecule has 1 aliphatic heterocycles. The van der Waals surface area contributed by atoms with E-state index in [0.717, 1.165) is 11.3 Å². The van der Waals surface area contributed by atoms with Crippen molar-refractivity contribution in [1.82, 2.24) is 9.62 Å². The molecule has 2 rings (SSSR count).